The Morgan fingerprint density at radius 1 is 1.32 bits per heavy atom. The van der Waals surface area contributed by atoms with Crippen LogP contribution >= 0.6 is 0 Å². The normalized spacial score (nSPS) is 14.3. The first kappa shape index (κ1) is 19.1. The highest BCUT2D eigenvalue weighted by Crippen LogP contribution is 2.53. The highest BCUT2D eigenvalue weighted by Gasteiger charge is 2.50. The fourth-order valence-corrected chi connectivity index (χ4v) is 2.90. The summed E-state index contributed by atoms with van der Waals surface area (Å²) in [4.78, 5) is 4.46. The van der Waals surface area contributed by atoms with Crippen LogP contribution in [0.4, 0.5) is 0 Å². The summed E-state index contributed by atoms with van der Waals surface area (Å²) in [5, 5.41) is 21.5. The molecule has 1 heterocycles. The number of aromatic nitrogens is 2. The summed E-state index contributed by atoms with van der Waals surface area (Å²) in [5.74, 6) is 0.890. The van der Waals surface area contributed by atoms with Crippen LogP contribution in [-0.2, 0) is 12.0 Å². The molecule has 1 aromatic carbocycles. The Balaban J connectivity index is 0.00000109. The van der Waals surface area contributed by atoms with Crippen molar-refractivity contribution >= 4 is 5.71 Å². The Kier molecular flexibility index (Phi) is 5.90. The van der Waals surface area contributed by atoms with Crippen LogP contribution in [0, 0.1) is 12.3 Å². The van der Waals surface area contributed by atoms with E-state index >= 15 is 0 Å². The average molecular weight is 341 g/mol. The Hall–Kier alpha value is -2.27. The van der Waals surface area contributed by atoms with Crippen LogP contribution in [0.15, 0.2) is 34.4 Å². The van der Waals surface area contributed by atoms with Gasteiger partial charge in [0.1, 0.15) is 5.71 Å². The lowest BCUT2D eigenvalue weighted by Crippen LogP contribution is -2.13. The first-order valence-corrected chi connectivity index (χ1v) is 8.75. The van der Waals surface area contributed by atoms with Crippen molar-refractivity contribution < 1.29 is 9.63 Å². The number of aliphatic hydroxyl groups is 1. The topological polar surface area (TPSA) is 83.0 Å². The minimum atomic E-state index is -0.234. The van der Waals surface area contributed by atoms with Gasteiger partial charge >= 0.3 is 0 Å². The zero-order chi connectivity index (χ0) is 18.6. The molecule has 2 aromatic rings. The summed E-state index contributed by atoms with van der Waals surface area (Å²) >= 11 is 0. The number of benzene rings is 1. The molecule has 0 spiro atoms. The smallest absolute Gasteiger partial charge is 0.275 e. The van der Waals surface area contributed by atoms with Crippen LogP contribution in [0.2, 0.25) is 0 Å². The summed E-state index contributed by atoms with van der Waals surface area (Å²) in [7, 11) is 0. The molecule has 134 valence electrons. The van der Waals surface area contributed by atoms with Crippen LogP contribution < -0.4 is 0 Å². The van der Waals surface area contributed by atoms with E-state index in [2.05, 4.69) is 17.1 Å². The van der Waals surface area contributed by atoms with Crippen molar-refractivity contribution in [1.29, 1.82) is 5.41 Å². The Morgan fingerprint density at radius 3 is 2.56 bits per heavy atom. The maximum atomic E-state index is 9.39. The van der Waals surface area contributed by atoms with Crippen molar-refractivity contribution in [1.82, 2.24) is 10.1 Å². The standard InChI is InChI=1S/C18H21N3O2.C2H6/c1-11(2)8-15(19)16-20-17(21-23-16)18(6-7-18)14-9-13(10-22)5-4-12(14)3;1-2/h4-5,8-9,19,22H,6-7,10H2,1-3H3;1-2H3. The van der Waals surface area contributed by atoms with Gasteiger partial charge in [-0.1, -0.05) is 42.8 Å². The first-order chi connectivity index (χ1) is 12.0. The third-order valence-electron chi connectivity index (χ3n) is 4.27. The molecular formula is C20H27N3O2. The molecule has 2 N–H and O–H groups in total. The van der Waals surface area contributed by atoms with Gasteiger partial charge in [0.2, 0.25) is 0 Å². The van der Waals surface area contributed by atoms with E-state index in [1.54, 1.807) is 6.08 Å². The number of nitrogens with zero attached hydrogens (tertiary/aromatic N) is 2. The number of nitrogens with one attached hydrogen (secondary N) is 1. The second kappa shape index (κ2) is 7.74. The predicted molar refractivity (Wildman–Crippen MR) is 99.0 cm³/mol. The number of rotatable bonds is 5. The molecule has 1 aliphatic rings. The maximum Gasteiger partial charge on any atom is 0.275 e. The fourth-order valence-electron chi connectivity index (χ4n) is 2.90. The molecule has 0 amide bonds. The Bertz CT molecular complexity index is 782. The first-order valence-electron chi connectivity index (χ1n) is 8.75. The van der Waals surface area contributed by atoms with Crippen LogP contribution in [-0.4, -0.2) is 21.0 Å². The van der Waals surface area contributed by atoms with Gasteiger partial charge in [-0.25, -0.2) is 0 Å². The summed E-state index contributed by atoms with van der Waals surface area (Å²) in [6, 6.07) is 5.98. The quantitative estimate of drug-likeness (QED) is 0.794. The van der Waals surface area contributed by atoms with Crippen molar-refractivity contribution in [2.24, 2.45) is 0 Å². The molecule has 0 unspecified atom stereocenters. The molecule has 25 heavy (non-hydrogen) atoms. The van der Waals surface area contributed by atoms with Crippen molar-refractivity contribution in [2.45, 2.75) is 59.5 Å². The van der Waals surface area contributed by atoms with Crippen LogP contribution in [0.5, 0.6) is 0 Å². The molecule has 1 saturated carbocycles. The van der Waals surface area contributed by atoms with Gasteiger partial charge in [0.05, 0.1) is 12.0 Å². The third-order valence-corrected chi connectivity index (χ3v) is 4.27. The number of allylic oxidation sites excluding steroid dienone is 2. The maximum absolute atomic E-state index is 9.39. The second-order valence-corrected chi connectivity index (χ2v) is 6.45. The van der Waals surface area contributed by atoms with Gasteiger partial charge in [0.25, 0.3) is 5.89 Å². The molecule has 1 aliphatic carbocycles. The highest BCUT2D eigenvalue weighted by molar-refractivity contribution is 6.03. The average Bonchev–Trinajstić information content (AvgIpc) is 3.25. The van der Waals surface area contributed by atoms with Crippen molar-refractivity contribution in [3.05, 3.63) is 58.3 Å². The van der Waals surface area contributed by atoms with Gasteiger partial charge in [-0.3, -0.25) is 5.41 Å². The second-order valence-electron chi connectivity index (χ2n) is 6.45. The minimum Gasteiger partial charge on any atom is -0.392 e. The zero-order valence-corrected chi connectivity index (χ0v) is 15.7. The lowest BCUT2D eigenvalue weighted by Gasteiger charge is -2.15. The van der Waals surface area contributed by atoms with Gasteiger partial charge < -0.3 is 9.63 Å². The van der Waals surface area contributed by atoms with Gasteiger partial charge in [-0.15, -0.1) is 0 Å². The van der Waals surface area contributed by atoms with E-state index in [-0.39, 0.29) is 23.6 Å². The molecule has 1 fully saturated rings. The SMILES string of the molecule is CC.CC(C)=CC(=N)c1nc(C2(c3cc(CO)ccc3C)CC2)no1. The monoisotopic (exact) mass is 341 g/mol. The molecule has 0 radical (unpaired) electrons. The van der Waals surface area contributed by atoms with E-state index < -0.39 is 0 Å². The highest BCUT2D eigenvalue weighted by atomic mass is 16.5. The predicted octanol–water partition coefficient (Wildman–Crippen LogP) is 4.31. The number of aryl methyl sites for hydroxylation is 1. The van der Waals surface area contributed by atoms with Crippen molar-refractivity contribution in [3.63, 3.8) is 0 Å². The van der Waals surface area contributed by atoms with Gasteiger partial charge in [-0.05, 0) is 56.4 Å². The summed E-state index contributed by atoms with van der Waals surface area (Å²) in [6.45, 7) is 9.94. The van der Waals surface area contributed by atoms with E-state index in [4.69, 9.17) is 9.93 Å². The van der Waals surface area contributed by atoms with Crippen molar-refractivity contribution in [3.8, 4) is 0 Å². The third kappa shape index (κ3) is 3.87. The van der Waals surface area contributed by atoms with Gasteiger partial charge in [0, 0.05) is 0 Å². The molecule has 5 nitrogen and oxygen atoms in total. The number of aliphatic hydroxyl groups excluding tert-OH is 1. The zero-order valence-electron chi connectivity index (χ0n) is 15.7. The van der Waals surface area contributed by atoms with Crippen LogP contribution in [0.3, 0.4) is 0 Å². The largest absolute Gasteiger partial charge is 0.392 e. The van der Waals surface area contributed by atoms with E-state index in [1.165, 1.54) is 0 Å². The summed E-state index contributed by atoms with van der Waals surface area (Å²) in [6.07, 6.45) is 3.63. The van der Waals surface area contributed by atoms with E-state index in [9.17, 15) is 5.11 Å². The Labute approximate surface area is 149 Å². The summed E-state index contributed by atoms with van der Waals surface area (Å²) in [5.41, 5.74) is 4.21. The molecule has 0 bridgehead atoms. The fraction of sp³-hybridized carbons (Fsp3) is 0.450. The summed E-state index contributed by atoms with van der Waals surface area (Å²) < 4.78 is 5.29. The van der Waals surface area contributed by atoms with Gasteiger partial charge in [0.15, 0.2) is 5.82 Å². The van der Waals surface area contributed by atoms with Gasteiger partial charge in [-0.2, -0.15) is 4.98 Å². The lowest BCUT2D eigenvalue weighted by molar-refractivity contribution is 0.281. The van der Waals surface area contributed by atoms with E-state index in [0.29, 0.717) is 5.82 Å². The number of hydrogen-bond acceptors (Lipinski definition) is 5. The van der Waals surface area contributed by atoms with E-state index in [1.807, 2.05) is 45.9 Å². The molecule has 3 rings (SSSR count). The Morgan fingerprint density at radius 2 is 2.00 bits per heavy atom. The molecule has 0 atom stereocenters. The number of hydrogen-bond donors (Lipinski definition) is 2. The molecular weight excluding hydrogens is 314 g/mol. The lowest BCUT2D eigenvalue weighted by atomic mass is 9.90. The van der Waals surface area contributed by atoms with Crippen molar-refractivity contribution in [2.75, 3.05) is 0 Å². The molecule has 0 aliphatic heterocycles. The van der Waals surface area contributed by atoms with Crippen LogP contribution in [0.1, 0.15) is 68.9 Å². The molecule has 5 heteroatoms. The minimum absolute atomic E-state index is 0.0199. The van der Waals surface area contributed by atoms with Crippen LogP contribution in [0.25, 0.3) is 0 Å². The molecule has 1 aromatic heterocycles. The van der Waals surface area contributed by atoms with E-state index in [0.717, 1.165) is 35.1 Å². The molecule has 0 saturated heterocycles.